The second-order valence-corrected chi connectivity index (χ2v) is 5.74. The van der Waals surface area contributed by atoms with Crippen LogP contribution in [-0.4, -0.2) is 43.2 Å². The van der Waals surface area contributed by atoms with E-state index < -0.39 is 0 Å². The highest BCUT2D eigenvalue weighted by atomic mass is 32.2. The fourth-order valence-electron chi connectivity index (χ4n) is 2.14. The molecule has 0 N–H and O–H groups in total. The van der Waals surface area contributed by atoms with Gasteiger partial charge in [-0.2, -0.15) is 5.26 Å². The highest BCUT2D eigenvalue weighted by Gasteiger charge is 2.23. The van der Waals surface area contributed by atoms with Crippen LogP contribution in [0.2, 0.25) is 0 Å². The van der Waals surface area contributed by atoms with Gasteiger partial charge in [0.1, 0.15) is 6.07 Å². The van der Waals surface area contributed by atoms with Crippen LogP contribution in [0.5, 0.6) is 0 Å². The van der Waals surface area contributed by atoms with E-state index in [2.05, 4.69) is 13.0 Å². The predicted octanol–water partition coefficient (Wildman–Crippen LogP) is 1.95. The molecule has 0 radical (unpaired) electrons. The van der Waals surface area contributed by atoms with Gasteiger partial charge in [-0.15, -0.1) is 11.8 Å². The van der Waals surface area contributed by atoms with Crippen molar-refractivity contribution in [2.75, 3.05) is 37.3 Å². The van der Waals surface area contributed by atoms with Crippen LogP contribution in [0.1, 0.15) is 12.5 Å². The summed E-state index contributed by atoms with van der Waals surface area (Å²) in [7, 11) is 1.81. The SMILES string of the molecule is CCSc1cccc(N2CCN(C)C(=O)C2)c1C#N. The number of likely N-dealkylation sites (N-methyl/N-ethyl adjacent to an activating group) is 1. The molecule has 1 amide bonds. The van der Waals surface area contributed by atoms with E-state index in [0.717, 1.165) is 22.9 Å². The van der Waals surface area contributed by atoms with Gasteiger partial charge in [-0.05, 0) is 17.9 Å². The predicted molar refractivity (Wildman–Crippen MR) is 77.4 cm³/mol. The zero-order valence-electron chi connectivity index (χ0n) is 11.2. The van der Waals surface area contributed by atoms with Gasteiger partial charge < -0.3 is 9.80 Å². The first kappa shape index (κ1) is 13.8. The van der Waals surface area contributed by atoms with Gasteiger partial charge >= 0.3 is 0 Å². The van der Waals surface area contributed by atoms with Gasteiger partial charge in [-0.1, -0.05) is 13.0 Å². The topological polar surface area (TPSA) is 47.3 Å². The molecular weight excluding hydrogens is 258 g/mol. The van der Waals surface area contributed by atoms with Gasteiger partial charge in [0, 0.05) is 25.0 Å². The number of anilines is 1. The molecule has 19 heavy (non-hydrogen) atoms. The summed E-state index contributed by atoms with van der Waals surface area (Å²) in [4.78, 5) is 16.5. The number of hydrogen-bond donors (Lipinski definition) is 0. The number of nitriles is 1. The molecule has 0 saturated carbocycles. The molecule has 4 nitrogen and oxygen atoms in total. The lowest BCUT2D eigenvalue weighted by molar-refractivity contribution is -0.129. The van der Waals surface area contributed by atoms with Crippen molar-refractivity contribution in [3.8, 4) is 6.07 Å². The Hall–Kier alpha value is -1.67. The van der Waals surface area contributed by atoms with E-state index in [4.69, 9.17) is 0 Å². The summed E-state index contributed by atoms with van der Waals surface area (Å²) in [5, 5.41) is 9.39. The molecule has 1 fully saturated rings. The Morgan fingerprint density at radius 1 is 1.42 bits per heavy atom. The first-order valence-electron chi connectivity index (χ1n) is 6.32. The van der Waals surface area contributed by atoms with Crippen LogP contribution in [-0.2, 0) is 4.79 Å². The number of thioether (sulfide) groups is 1. The van der Waals surface area contributed by atoms with Gasteiger partial charge in [0.2, 0.25) is 5.91 Å². The molecule has 5 heteroatoms. The molecule has 1 aliphatic rings. The molecule has 1 heterocycles. The van der Waals surface area contributed by atoms with Crippen LogP contribution in [0.15, 0.2) is 23.1 Å². The van der Waals surface area contributed by atoms with Crippen LogP contribution in [0.25, 0.3) is 0 Å². The number of benzene rings is 1. The van der Waals surface area contributed by atoms with E-state index in [1.807, 2.05) is 30.1 Å². The van der Waals surface area contributed by atoms with Crippen LogP contribution < -0.4 is 4.90 Å². The van der Waals surface area contributed by atoms with E-state index in [-0.39, 0.29) is 5.91 Å². The summed E-state index contributed by atoms with van der Waals surface area (Å²) in [5.74, 6) is 1.03. The third kappa shape index (κ3) is 2.85. The molecule has 1 saturated heterocycles. The largest absolute Gasteiger partial charge is 0.359 e. The Bertz CT molecular complexity index is 524. The maximum atomic E-state index is 11.8. The molecule has 1 aromatic carbocycles. The zero-order valence-corrected chi connectivity index (χ0v) is 12.0. The van der Waals surface area contributed by atoms with Gasteiger partial charge in [0.05, 0.1) is 17.8 Å². The first-order chi connectivity index (χ1) is 9.17. The Kier molecular flexibility index (Phi) is 4.33. The minimum absolute atomic E-state index is 0.101. The molecule has 2 rings (SSSR count). The summed E-state index contributed by atoms with van der Waals surface area (Å²) in [5.41, 5.74) is 1.56. The van der Waals surface area contributed by atoms with Crippen molar-refractivity contribution in [3.05, 3.63) is 23.8 Å². The highest BCUT2D eigenvalue weighted by molar-refractivity contribution is 7.99. The summed E-state index contributed by atoms with van der Waals surface area (Å²) >= 11 is 1.66. The maximum absolute atomic E-state index is 11.8. The van der Waals surface area contributed by atoms with E-state index in [1.165, 1.54) is 0 Å². The summed E-state index contributed by atoms with van der Waals surface area (Å²) in [6.07, 6.45) is 0. The normalized spacial score (nSPS) is 15.5. The van der Waals surface area contributed by atoms with Crippen molar-refractivity contribution >= 4 is 23.4 Å². The second kappa shape index (κ2) is 5.98. The van der Waals surface area contributed by atoms with Crippen molar-refractivity contribution in [2.45, 2.75) is 11.8 Å². The number of piperazine rings is 1. The fraction of sp³-hybridized carbons (Fsp3) is 0.429. The van der Waals surface area contributed by atoms with E-state index in [0.29, 0.717) is 18.7 Å². The number of rotatable bonds is 3. The van der Waals surface area contributed by atoms with Crippen molar-refractivity contribution in [1.29, 1.82) is 5.26 Å². The van der Waals surface area contributed by atoms with E-state index in [9.17, 15) is 10.1 Å². The molecule has 100 valence electrons. The van der Waals surface area contributed by atoms with Gasteiger partial charge in [-0.25, -0.2) is 0 Å². The number of nitrogens with zero attached hydrogens (tertiary/aromatic N) is 3. The average molecular weight is 275 g/mol. The van der Waals surface area contributed by atoms with Crippen LogP contribution in [0.4, 0.5) is 5.69 Å². The zero-order chi connectivity index (χ0) is 13.8. The second-order valence-electron chi connectivity index (χ2n) is 4.43. The molecule has 0 atom stereocenters. The van der Waals surface area contributed by atoms with Crippen LogP contribution >= 0.6 is 11.8 Å². The minimum atomic E-state index is 0.101. The smallest absolute Gasteiger partial charge is 0.241 e. The number of carbonyl (C=O) groups is 1. The van der Waals surface area contributed by atoms with Crippen LogP contribution in [0.3, 0.4) is 0 Å². The summed E-state index contributed by atoms with van der Waals surface area (Å²) in [6.45, 7) is 3.90. The summed E-state index contributed by atoms with van der Waals surface area (Å²) in [6, 6.07) is 8.13. The maximum Gasteiger partial charge on any atom is 0.241 e. The molecular formula is C14H17N3OS. The van der Waals surface area contributed by atoms with Crippen LogP contribution in [0, 0.1) is 11.3 Å². The Labute approximate surface area is 118 Å². The lowest BCUT2D eigenvalue weighted by Gasteiger charge is -2.34. The molecule has 0 spiro atoms. The fourth-order valence-corrected chi connectivity index (χ4v) is 2.92. The third-order valence-electron chi connectivity index (χ3n) is 3.21. The summed E-state index contributed by atoms with van der Waals surface area (Å²) < 4.78 is 0. The first-order valence-corrected chi connectivity index (χ1v) is 7.30. The lowest BCUT2D eigenvalue weighted by atomic mass is 10.1. The standard InChI is InChI=1S/C14H17N3OS/c1-3-19-13-6-4-5-12(11(13)9-15)17-8-7-16(2)14(18)10-17/h4-6H,3,7-8,10H2,1-2H3. The lowest BCUT2D eigenvalue weighted by Crippen LogP contribution is -2.48. The molecule has 1 aliphatic heterocycles. The average Bonchev–Trinajstić information content (AvgIpc) is 2.42. The number of carbonyl (C=O) groups excluding carboxylic acids is 1. The Morgan fingerprint density at radius 3 is 2.84 bits per heavy atom. The van der Waals surface area contributed by atoms with Gasteiger partial charge in [-0.3, -0.25) is 4.79 Å². The molecule has 0 aliphatic carbocycles. The molecule has 0 aromatic heterocycles. The number of hydrogen-bond acceptors (Lipinski definition) is 4. The molecule has 0 bridgehead atoms. The quantitative estimate of drug-likeness (QED) is 0.791. The van der Waals surface area contributed by atoms with Gasteiger partial charge in [0.25, 0.3) is 0 Å². The highest BCUT2D eigenvalue weighted by Crippen LogP contribution is 2.30. The molecule has 1 aromatic rings. The minimum Gasteiger partial charge on any atom is -0.359 e. The monoisotopic (exact) mass is 275 g/mol. The van der Waals surface area contributed by atoms with E-state index in [1.54, 1.807) is 16.7 Å². The van der Waals surface area contributed by atoms with Crippen molar-refractivity contribution < 1.29 is 4.79 Å². The number of amides is 1. The van der Waals surface area contributed by atoms with Crippen molar-refractivity contribution in [3.63, 3.8) is 0 Å². The van der Waals surface area contributed by atoms with E-state index >= 15 is 0 Å². The molecule has 0 unspecified atom stereocenters. The Balaban J connectivity index is 2.32. The van der Waals surface area contributed by atoms with Crippen molar-refractivity contribution in [1.82, 2.24) is 4.90 Å². The van der Waals surface area contributed by atoms with Crippen molar-refractivity contribution in [2.24, 2.45) is 0 Å². The van der Waals surface area contributed by atoms with Gasteiger partial charge in [0.15, 0.2) is 0 Å². The Morgan fingerprint density at radius 2 is 2.21 bits per heavy atom. The third-order valence-corrected chi connectivity index (χ3v) is 4.15.